The van der Waals surface area contributed by atoms with Crippen molar-refractivity contribution in [1.82, 2.24) is 0 Å². The van der Waals surface area contributed by atoms with Gasteiger partial charge in [0.1, 0.15) is 0 Å². The molecule has 0 unspecified atom stereocenters. The van der Waals surface area contributed by atoms with Crippen LogP contribution in [0.1, 0.15) is 34.1 Å². The molecule has 0 aromatic heterocycles. The van der Waals surface area contributed by atoms with Crippen molar-refractivity contribution >= 4 is 22.6 Å². The van der Waals surface area contributed by atoms with E-state index < -0.39 is 0 Å². The molecule has 64 valence electrons. The Morgan fingerprint density at radius 3 is 2.18 bits per heavy atom. The molecule has 0 aliphatic carbocycles. The van der Waals surface area contributed by atoms with Gasteiger partial charge >= 0.3 is 0 Å². The molecule has 0 saturated carbocycles. The molecule has 0 N–H and O–H groups in total. The fourth-order valence-corrected chi connectivity index (χ4v) is 1.70. The van der Waals surface area contributed by atoms with Crippen LogP contribution >= 0.6 is 22.6 Å². The summed E-state index contributed by atoms with van der Waals surface area (Å²) in [6.07, 6.45) is 3.40. The first-order valence-electron chi connectivity index (χ1n) is 4.00. The third kappa shape index (κ3) is 5.48. The lowest BCUT2D eigenvalue weighted by molar-refractivity contribution is 0.749. The van der Waals surface area contributed by atoms with Gasteiger partial charge in [-0.1, -0.05) is 53.7 Å². The van der Waals surface area contributed by atoms with Crippen molar-refractivity contribution in [2.45, 2.75) is 34.1 Å². The highest BCUT2D eigenvalue weighted by Crippen LogP contribution is 2.17. The Morgan fingerprint density at radius 2 is 1.91 bits per heavy atom. The van der Waals surface area contributed by atoms with Gasteiger partial charge in [-0.2, -0.15) is 0 Å². The molecule has 0 rings (SSSR count). The number of allylic oxidation sites excluding steroid dienone is 3. The van der Waals surface area contributed by atoms with Gasteiger partial charge in [-0.05, 0) is 30.3 Å². The third-order valence-corrected chi connectivity index (χ3v) is 2.43. The van der Waals surface area contributed by atoms with Crippen molar-refractivity contribution in [2.24, 2.45) is 5.92 Å². The van der Waals surface area contributed by atoms with E-state index >= 15 is 0 Å². The summed E-state index contributed by atoms with van der Waals surface area (Å²) < 4.78 is 2.20. The molecule has 0 heterocycles. The maximum absolute atomic E-state index is 2.32. The predicted molar refractivity (Wildman–Crippen MR) is 61.0 cm³/mol. The molecule has 0 aromatic carbocycles. The average molecular weight is 264 g/mol. The average Bonchev–Trinajstić information content (AvgIpc) is 1.87. The zero-order chi connectivity index (χ0) is 8.85. The van der Waals surface area contributed by atoms with Crippen molar-refractivity contribution in [1.29, 1.82) is 0 Å². The van der Waals surface area contributed by atoms with E-state index in [-0.39, 0.29) is 0 Å². The summed E-state index contributed by atoms with van der Waals surface area (Å²) in [4.78, 5) is 0. The molecule has 0 fully saturated rings. The lowest BCUT2D eigenvalue weighted by Gasteiger charge is -2.06. The first kappa shape index (κ1) is 11.2. The van der Waals surface area contributed by atoms with Crippen LogP contribution < -0.4 is 0 Å². The van der Waals surface area contributed by atoms with E-state index in [1.165, 1.54) is 11.1 Å². The summed E-state index contributed by atoms with van der Waals surface area (Å²) in [7, 11) is 0. The Labute approximate surface area is 83.9 Å². The van der Waals surface area contributed by atoms with Gasteiger partial charge in [-0.15, -0.1) is 0 Å². The lowest BCUT2D eigenvalue weighted by atomic mass is 10.0. The van der Waals surface area contributed by atoms with Gasteiger partial charge in [0.05, 0.1) is 0 Å². The zero-order valence-corrected chi connectivity index (χ0v) is 9.97. The van der Waals surface area contributed by atoms with Gasteiger partial charge < -0.3 is 0 Å². The highest BCUT2D eigenvalue weighted by molar-refractivity contribution is 14.1. The largest absolute Gasteiger partial charge is 0.0818 e. The molecule has 0 atom stereocenters. The summed E-state index contributed by atoms with van der Waals surface area (Å²) in [6.45, 7) is 8.77. The van der Waals surface area contributed by atoms with E-state index in [4.69, 9.17) is 0 Å². The van der Waals surface area contributed by atoms with Crippen molar-refractivity contribution in [3.8, 4) is 0 Å². The van der Waals surface area contributed by atoms with E-state index in [9.17, 15) is 0 Å². The van der Waals surface area contributed by atoms with Crippen LogP contribution in [-0.4, -0.2) is 0 Å². The smallest absolute Gasteiger partial charge is 0.0126 e. The van der Waals surface area contributed by atoms with Crippen LogP contribution in [-0.2, 0) is 0 Å². The molecule has 0 amide bonds. The Hall–Kier alpha value is 0.210. The molecule has 0 radical (unpaired) electrons. The molecule has 1 heteroatoms. The molecule has 0 nitrogen and oxygen atoms in total. The maximum Gasteiger partial charge on any atom is -0.0126 e. The Morgan fingerprint density at radius 1 is 1.36 bits per heavy atom. The van der Waals surface area contributed by atoms with Gasteiger partial charge in [0.25, 0.3) is 0 Å². The third-order valence-electron chi connectivity index (χ3n) is 1.63. The second kappa shape index (κ2) is 5.81. The maximum atomic E-state index is 2.32. The fourth-order valence-electron chi connectivity index (χ4n) is 0.728. The van der Waals surface area contributed by atoms with Crippen molar-refractivity contribution in [3.05, 3.63) is 21.3 Å². The van der Waals surface area contributed by atoms with Crippen molar-refractivity contribution in [3.63, 3.8) is 0 Å². The van der Waals surface area contributed by atoms with E-state index in [0.717, 1.165) is 6.42 Å². The molecule has 11 heavy (non-hydrogen) atoms. The number of halogens is 1. The van der Waals surface area contributed by atoms with Crippen LogP contribution in [0.3, 0.4) is 0 Å². The van der Waals surface area contributed by atoms with Crippen LogP contribution in [0.4, 0.5) is 0 Å². The Balaban J connectivity index is 4.02. The molecule has 0 spiro atoms. The normalized spacial score (nSPS) is 12.0. The van der Waals surface area contributed by atoms with Crippen LogP contribution in [0.25, 0.3) is 0 Å². The lowest BCUT2D eigenvalue weighted by Crippen LogP contribution is -1.91. The van der Waals surface area contributed by atoms with E-state index in [1.54, 1.807) is 0 Å². The quantitative estimate of drug-likeness (QED) is 0.526. The topological polar surface area (TPSA) is 0 Å². The van der Waals surface area contributed by atoms with E-state index in [0.29, 0.717) is 5.92 Å². The summed E-state index contributed by atoms with van der Waals surface area (Å²) in [5.41, 5.74) is 2.92. The van der Waals surface area contributed by atoms with Gasteiger partial charge in [-0.3, -0.25) is 0 Å². The van der Waals surface area contributed by atoms with Crippen LogP contribution in [0, 0.1) is 5.92 Å². The fraction of sp³-hybridized carbons (Fsp3) is 0.600. The molecule has 0 bridgehead atoms. The number of hydrogen-bond donors (Lipinski definition) is 0. The van der Waals surface area contributed by atoms with Gasteiger partial charge in [-0.25, -0.2) is 0 Å². The summed E-state index contributed by atoms with van der Waals surface area (Å²) in [6, 6.07) is 0. The molecular formula is C10H17I. The Bertz CT molecular complexity index is 160. The first-order valence-corrected chi connectivity index (χ1v) is 5.25. The van der Waals surface area contributed by atoms with Crippen molar-refractivity contribution < 1.29 is 0 Å². The molecular weight excluding hydrogens is 247 g/mol. The molecule has 0 aromatic rings. The van der Waals surface area contributed by atoms with Crippen LogP contribution in [0.15, 0.2) is 21.3 Å². The molecule has 0 aliphatic rings. The van der Waals surface area contributed by atoms with Gasteiger partial charge in [0.2, 0.25) is 0 Å². The van der Waals surface area contributed by atoms with E-state index in [2.05, 4.69) is 60.4 Å². The Kier molecular flexibility index (Phi) is 5.92. The van der Waals surface area contributed by atoms with Crippen LogP contribution in [0.2, 0.25) is 0 Å². The summed E-state index contributed by atoms with van der Waals surface area (Å²) >= 11 is 2.32. The minimum Gasteiger partial charge on any atom is -0.0818 e. The standard InChI is InChI=1S/C10H17I/c1-8(2)5-6-10(7-11)9(3)4/h5,7,9H,6H2,1-4H3/b10-7+. The molecule has 0 aliphatic heterocycles. The number of rotatable bonds is 3. The zero-order valence-electron chi connectivity index (χ0n) is 7.82. The second-order valence-electron chi connectivity index (χ2n) is 3.32. The minimum absolute atomic E-state index is 0.683. The SMILES string of the molecule is CC(C)=CC/C(=C\I)C(C)C. The number of hydrogen-bond acceptors (Lipinski definition) is 0. The van der Waals surface area contributed by atoms with E-state index in [1.807, 2.05) is 0 Å². The highest BCUT2D eigenvalue weighted by atomic mass is 127. The monoisotopic (exact) mass is 264 g/mol. The van der Waals surface area contributed by atoms with Crippen molar-refractivity contribution in [2.75, 3.05) is 0 Å². The summed E-state index contributed by atoms with van der Waals surface area (Å²) in [5.74, 6) is 0.683. The predicted octanol–water partition coefficient (Wildman–Crippen LogP) is 4.32. The van der Waals surface area contributed by atoms with Gasteiger partial charge in [0, 0.05) is 0 Å². The first-order chi connectivity index (χ1) is 5.07. The van der Waals surface area contributed by atoms with Crippen LogP contribution in [0.5, 0.6) is 0 Å². The van der Waals surface area contributed by atoms with Gasteiger partial charge in [0.15, 0.2) is 0 Å². The second-order valence-corrected chi connectivity index (χ2v) is 3.95. The summed E-state index contributed by atoms with van der Waals surface area (Å²) in [5, 5.41) is 0. The molecule has 0 saturated heterocycles. The minimum atomic E-state index is 0.683. The highest BCUT2D eigenvalue weighted by Gasteiger charge is 1.99.